The standard InChI is InChI=1S/C41H71IN2O7/c1-3-5-7-9-11-13-15-17-19-21-23-25-27-29-33(46)39-38(42)40(49)43(41(50)44(39)37-31-34(47)35(32-45)51-37)36(48)30-28-26-24-22-20-18-16-14-12-10-8-6-4-2/h34-35,37,45,47H,3-32H2,1-2H3/t34-,35+,37+/m0/s1. The number of aliphatic hydroxyl groups is 2. The summed E-state index contributed by atoms with van der Waals surface area (Å²) < 4.78 is 7.54. The smallest absolute Gasteiger partial charge is 0.340 e. The lowest BCUT2D eigenvalue weighted by Gasteiger charge is -2.21. The highest BCUT2D eigenvalue weighted by molar-refractivity contribution is 14.1. The number of hydrogen-bond acceptors (Lipinski definition) is 7. The van der Waals surface area contributed by atoms with E-state index in [0.717, 1.165) is 43.1 Å². The van der Waals surface area contributed by atoms with Gasteiger partial charge in [-0.3, -0.25) is 19.0 Å². The Morgan fingerprint density at radius 2 is 1.06 bits per heavy atom. The van der Waals surface area contributed by atoms with Gasteiger partial charge in [0, 0.05) is 19.3 Å². The molecule has 1 aromatic rings. The Balaban J connectivity index is 1.91. The van der Waals surface area contributed by atoms with Crippen molar-refractivity contribution in [1.29, 1.82) is 0 Å². The largest absolute Gasteiger partial charge is 0.394 e. The molecule has 0 aliphatic carbocycles. The Hall–Kier alpha value is -1.37. The van der Waals surface area contributed by atoms with Crippen molar-refractivity contribution in [2.45, 2.75) is 218 Å². The molecular formula is C41H71IN2O7. The van der Waals surface area contributed by atoms with Crippen LogP contribution in [0.15, 0.2) is 9.59 Å². The van der Waals surface area contributed by atoms with Gasteiger partial charge in [-0.1, -0.05) is 168 Å². The Labute approximate surface area is 321 Å². The van der Waals surface area contributed by atoms with Crippen LogP contribution in [0.25, 0.3) is 0 Å². The summed E-state index contributed by atoms with van der Waals surface area (Å²) in [5.74, 6) is -0.939. The lowest BCUT2D eigenvalue weighted by Crippen LogP contribution is -2.48. The monoisotopic (exact) mass is 830 g/mol. The molecule has 0 saturated carbocycles. The number of Topliss-reactive ketones (excluding diaryl/α,β-unsaturated/α-hetero) is 1. The minimum Gasteiger partial charge on any atom is -0.394 e. The maximum atomic E-state index is 13.8. The number of rotatable bonds is 31. The van der Waals surface area contributed by atoms with Gasteiger partial charge in [-0.25, -0.2) is 4.79 Å². The summed E-state index contributed by atoms with van der Waals surface area (Å²) in [6.45, 7) is 4.02. The molecule has 0 bridgehead atoms. The number of unbranched alkanes of at least 4 members (excludes halogenated alkanes) is 24. The van der Waals surface area contributed by atoms with Crippen LogP contribution in [0, 0.1) is 3.57 Å². The quantitative estimate of drug-likeness (QED) is 0.0433. The molecule has 0 spiro atoms. The van der Waals surface area contributed by atoms with Crippen LogP contribution in [0.1, 0.15) is 222 Å². The van der Waals surface area contributed by atoms with Crippen LogP contribution in [-0.2, 0) is 4.74 Å². The van der Waals surface area contributed by atoms with Crippen LogP contribution in [-0.4, -0.2) is 49.9 Å². The normalized spacial score (nSPS) is 17.4. The van der Waals surface area contributed by atoms with Gasteiger partial charge in [-0.2, -0.15) is 4.57 Å². The first kappa shape index (κ1) is 45.8. The number of aliphatic hydroxyl groups excluding tert-OH is 2. The molecule has 294 valence electrons. The Morgan fingerprint density at radius 3 is 1.45 bits per heavy atom. The van der Waals surface area contributed by atoms with Crippen LogP contribution < -0.4 is 11.2 Å². The van der Waals surface area contributed by atoms with Gasteiger partial charge < -0.3 is 14.9 Å². The highest BCUT2D eigenvalue weighted by Gasteiger charge is 2.38. The van der Waals surface area contributed by atoms with Crippen molar-refractivity contribution in [3.63, 3.8) is 0 Å². The predicted octanol–water partition coefficient (Wildman–Crippen LogP) is 10.0. The van der Waals surface area contributed by atoms with Crippen molar-refractivity contribution in [2.75, 3.05) is 6.61 Å². The van der Waals surface area contributed by atoms with Crippen LogP contribution >= 0.6 is 22.6 Å². The fourth-order valence-electron chi connectivity index (χ4n) is 7.20. The third-order valence-electron chi connectivity index (χ3n) is 10.4. The zero-order chi connectivity index (χ0) is 37.3. The second kappa shape index (κ2) is 28.1. The predicted molar refractivity (Wildman–Crippen MR) is 215 cm³/mol. The van der Waals surface area contributed by atoms with Crippen LogP contribution in [0.3, 0.4) is 0 Å². The van der Waals surface area contributed by atoms with Crippen molar-refractivity contribution in [2.24, 2.45) is 0 Å². The first-order valence-electron chi connectivity index (χ1n) is 20.9. The molecule has 2 heterocycles. The van der Waals surface area contributed by atoms with E-state index in [9.17, 15) is 29.4 Å². The molecule has 10 heteroatoms. The van der Waals surface area contributed by atoms with E-state index in [0.29, 0.717) is 17.4 Å². The first-order chi connectivity index (χ1) is 24.8. The maximum absolute atomic E-state index is 13.8. The van der Waals surface area contributed by atoms with E-state index < -0.39 is 42.2 Å². The highest BCUT2D eigenvalue weighted by Crippen LogP contribution is 2.30. The number of ketones is 1. The van der Waals surface area contributed by atoms with Crippen LogP contribution in [0.4, 0.5) is 0 Å². The third-order valence-corrected chi connectivity index (χ3v) is 11.4. The number of aromatic nitrogens is 2. The molecule has 0 amide bonds. The summed E-state index contributed by atoms with van der Waals surface area (Å²) in [6.07, 6.45) is 27.6. The minimum absolute atomic E-state index is 0.0103. The van der Waals surface area contributed by atoms with Crippen molar-refractivity contribution in [1.82, 2.24) is 9.13 Å². The van der Waals surface area contributed by atoms with E-state index in [2.05, 4.69) is 13.8 Å². The van der Waals surface area contributed by atoms with Crippen molar-refractivity contribution < 1.29 is 24.5 Å². The fourth-order valence-corrected chi connectivity index (χ4v) is 8.01. The molecule has 2 N–H and O–H groups in total. The average molecular weight is 831 g/mol. The van der Waals surface area contributed by atoms with Gasteiger partial charge >= 0.3 is 5.69 Å². The zero-order valence-electron chi connectivity index (χ0n) is 32.2. The van der Waals surface area contributed by atoms with Gasteiger partial charge in [-0.05, 0) is 35.4 Å². The molecule has 2 rings (SSSR count). The molecule has 9 nitrogen and oxygen atoms in total. The molecule has 3 atom stereocenters. The van der Waals surface area contributed by atoms with Gasteiger partial charge in [0.2, 0.25) is 5.91 Å². The lowest BCUT2D eigenvalue weighted by molar-refractivity contribution is -0.0468. The summed E-state index contributed by atoms with van der Waals surface area (Å²) in [4.78, 5) is 54.2. The molecule has 1 saturated heterocycles. The molecule has 0 unspecified atom stereocenters. The third kappa shape index (κ3) is 17.1. The van der Waals surface area contributed by atoms with E-state index in [1.165, 1.54) is 116 Å². The van der Waals surface area contributed by atoms with E-state index in [4.69, 9.17) is 4.74 Å². The number of halogens is 1. The second-order valence-corrected chi connectivity index (χ2v) is 16.0. The molecule has 1 fully saturated rings. The number of ether oxygens (including phenoxy) is 1. The molecule has 51 heavy (non-hydrogen) atoms. The Morgan fingerprint density at radius 1 is 0.667 bits per heavy atom. The lowest BCUT2D eigenvalue weighted by atomic mass is 10.0. The fraction of sp³-hybridized carbons (Fsp3) is 0.854. The summed E-state index contributed by atoms with van der Waals surface area (Å²) in [7, 11) is 0. The topological polar surface area (TPSA) is 128 Å². The summed E-state index contributed by atoms with van der Waals surface area (Å²) in [6, 6.07) is 0. The van der Waals surface area contributed by atoms with Crippen LogP contribution in [0.5, 0.6) is 0 Å². The summed E-state index contributed by atoms with van der Waals surface area (Å²) >= 11 is 1.77. The van der Waals surface area contributed by atoms with Crippen molar-refractivity contribution in [3.8, 4) is 0 Å². The Kier molecular flexibility index (Phi) is 25.3. The van der Waals surface area contributed by atoms with E-state index in [-0.39, 0.29) is 34.3 Å². The minimum atomic E-state index is -1.07. The van der Waals surface area contributed by atoms with Gasteiger partial charge in [0.25, 0.3) is 5.56 Å². The van der Waals surface area contributed by atoms with Crippen LogP contribution in [0.2, 0.25) is 0 Å². The molecule has 0 radical (unpaired) electrons. The molecule has 0 aromatic carbocycles. The Bertz CT molecular complexity index is 1230. The molecule has 1 aliphatic rings. The summed E-state index contributed by atoms with van der Waals surface area (Å²) in [5, 5.41) is 20.1. The highest BCUT2D eigenvalue weighted by atomic mass is 127. The molecule has 1 aromatic heterocycles. The maximum Gasteiger partial charge on any atom is 0.340 e. The van der Waals surface area contributed by atoms with Crippen molar-refractivity contribution in [3.05, 3.63) is 30.1 Å². The van der Waals surface area contributed by atoms with E-state index >= 15 is 0 Å². The molecule has 1 aliphatic heterocycles. The SMILES string of the molecule is CCCCCCCCCCCCCCCC(=O)c1c(I)c(=O)n(C(=O)CCCCCCCCCCCCCCC)c(=O)n1[C@H]1C[C@H](O)[C@@H](CO)O1. The zero-order valence-corrected chi connectivity index (χ0v) is 34.3. The molecular weight excluding hydrogens is 759 g/mol. The van der Waals surface area contributed by atoms with Gasteiger partial charge in [0.15, 0.2) is 5.78 Å². The number of carbonyl (C=O) groups is 2. The number of hydrogen-bond donors (Lipinski definition) is 2. The number of nitrogens with zero attached hydrogens (tertiary/aromatic N) is 2. The van der Waals surface area contributed by atoms with Gasteiger partial charge in [0.1, 0.15) is 21.6 Å². The van der Waals surface area contributed by atoms with Gasteiger partial charge in [-0.15, -0.1) is 0 Å². The number of carbonyl (C=O) groups excluding carboxylic acids is 2. The van der Waals surface area contributed by atoms with E-state index in [1.807, 2.05) is 0 Å². The summed E-state index contributed by atoms with van der Waals surface area (Å²) in [5.41, 5.74) is -1.75. The van der Waals surface area contributed by atoms with Crippen molar-refractivity contribution >= 4 is 34.3 Å². The van der Waals surface area contributed by atoms with Gasteiger partial charge in [0.05, 0.1) is 12.7 Å². The second-order valence-electron chi connectivity index (χ2n) is 14.9. The van der Waals surface area contributed by atoms with E-state index in [1.54, 1.807) is 22.6 Å². The first-order valence-corrected chi connectivity index (χ1v) is 21.9. The average Bonchev–Trinajstić information content (AvgIpc) is 3.49.